The van der Waals surface area contributed by atoms with E-state index in [0.717, 1.165) is 31.9 Å². The Hall–Kier alpha value is -2.25. The number of sulfone groups is 1. The van der Waals surface area contributed by atoms with Gasteiger partial charge in [0.2, 0.25) is 0 Å². The van der Waals surface area contributed by atoms with Crippen LogP contribution in [0.3, 0.4) is 0 Å². The summed E-state index contributed by atoms with van der Waals surface area (Å²) in [5, 5.41) is 3.28. The first-order valence-electron chi connectivity index (χ1n) is 11.9. The normalized spacial score (nSPS) is 20.9. The number of benzene rings is 2. The van der Waals surface area contributed by atoms with Crippen LogP contribution in [0.25, 0.3) is 0 Å². The lowest BCUT2D eigenvalue weighted by Gasteiger charge is -2.38. The molecule has 32 heavy (non-hydrogen) atoms. The minimum Gasteiger partial charge on any atom is -0.369 e. The summed E-state index contributed by atoms with van der Waals surface area (Å²) in [5.41, 5.74) is 3.64. The molecule has 0 spiro atoms. The topological polar surface area (TPSA) is 55.9 Å². The van der Waals surface area contributed by atoms with Crippen LogP contribution in [0, 0.1) is 0 Å². The van der Waals surface area contributed by atoms with Gasteiger partial charge in [0.15, 0.2) is 9.84 Å². The van der Waals surface area contributed by atoms with Crippen molar-refractivity contribution in [3.05, 3.63) is 54.6 Å². The van der Waals surface area contributed by atoms with Crippen molar-refractivity contribution in [1.82, 2.24) is 5.32 Å². The van der Waals surface area contributed by atoms with Gasteiger partial charge in [-0.3, -0.25) is 0 Å². The highest BCUT2D eigenvalue weighted by Gasteiger charge is 2.23. The third kappa shape index (κ3) is 6.39. The van der Waals surface area contributed by atoms with Crippen molar-refractivity contribution in [2.45, 2.75) is 19.3 Å². The molecule has 0 atom stereocenters. The summed E-state index contributed by atoms with van der Waals surface area (Å²) in [6.07, 6.45) is 4.22. The quantitative estimate of drug-likeness (QED) is 0.766. The zero-order valence-electron chi connectivity index (χ0n) is 19.0. The zero-order valence-corrected chi connectivity index (χ0v) is 19.8. The first-order valence-corrected chi connectivity index (χ1v) is 13.7. The molecule has 0 saturated carbocycles. The number of hydrogen-bond acceptors (Lipinski definition) is 6. The molecule has 2 aromatic rings. The van der Waals surface area contributed by atoms with E-state index in [1.807, 2.05) is 0 Å². The number of piperazine rings is 1. The van der Waals surface area contributed by atoms with Crippen LogP contribution in [0.5, 0.6) is 0 Å². The first-order chi connectivity index (χ1) is 15.6. The van der Waals surface area contributed by atoms with Gasteiger partial charge in [-0.15, -0.1) is 0 Å². The molecule has 174 valence electrons. The average molecular weight is 457 g/mol. The predicted octanol–water partition coefficient (Wildman–Crippen LogP) is 3.01. The summed E-state index contributed by atoms with van der Waals surface area (Å²) in [4.78, 5) is 7.03. The molecule has 2 aromatic carbocycles. The lowest BCUT2D eigenvalue weighted by molar-refractivity contribution is 0.520. The van der Waals surface area contributed by atoms with Gasteiger partial charge in [-0.1, -0.05) is 30.7 Å². The Kier molecular flexibility index (Phi) is 7.92. The molecular formula is C25H36N4O2S. The van der Waals surface area contributed by atoms with Crippen LogP contribution in [0.4, 0.5) is 17.1 Å². The number of rotatable bonds is 3. The van der Waals surface area contributed by atoms with Crippen molar-refractivity contribution in [3.8, 4) is 0 Å². The molecule has 6 nitrogen and oxygen atoms in total. The fraction of sp³-hybridized carbons (Fsp3) is 0.520. The monoisotopic (exact) mass is 456 g/mol. The average Bonchev–Trinajstić information content (AvgIpc) is 2.86. The Morgan fingerprint density at radius 2 is 1.09 bits per heavy atom. The molecule has 0 unspecified atom stereocenters. The standard InChI is InChI=1S/C20H25N3O2S.C5H11N/c24-26(25)15-13-23(14-16-26)20-8-4-7-19(17-20)22-11-9-21(10-12-22)18-5-2-1-3-6-18;1-2-4-6-5-3-1/h1-8,17H,9-16H2;6H,1-5H2. The maximum Gasteiger partial charge on any atom is 0.153 e. The van der Waals surface area contributed by atoms with Crippen molar-refractivity contribution < 1.29 is 8.42 Å². The number of hydrogen-bond donors (Lipinski definition) is 1. The van der Waals surface area contributed by atoms with E-state index in [2.05, 4.69) is 74.6 Å². The molecule has 3 aliphatic heterocycles. The van der Waals surface area contributed by atoms with Crippen molar-refractivity contribution in [2.24, 2.45) is 0 Å². The second kappa shape index (κ2) is 11.1. The fourth-order valence-electron chi connectivity index (χ4n) is 4.52. The Balaban J connectivity index is 0.000000354. The van der Waals surface area contributed by atoms with Gasteiger partial charge in [-0.05, 0) is 56.3 Å². The second-order valence-corrected chi connectivity index (χ2v) is 11.1. The lowest BCUT2D eigenvalue weighted by Crippen LogP contribution is -2.46. The van der Waals surface area contributed by atoms with E-state index in [9.17, 15) is 8.42 Å². The van der Waals surface area contributed by atoms with E-state index in [4.69, 9.17) is 0 Å². The van der Waals surface area contributed by atoms with Crippen LogP contribution in [0.15, 0.2) is 54.6 Å². The molecule has 1 N–H and O–H groups in total. The maximum atomic E-state index is 11.6. The van der Waals surface area contributed by atoms with Gasteiger partial charge in [-0.25, -0.2) is 8.42 Å². The van der Waals surface area contributed by atoms with E-state index in [1.54, 1.807) is 0 Å². The second-order valence-electron chi connectivity index (χ2n) is 8.78. The highest BCUT2D eigenvalue weighted by atomic mass is 32.2. The van der Waals surface area contributed by atoms with E-state index in [0.29, 0.717) is 13.1 Å². The van der Waals surface area contributed by atoms with Crippen LogP contribution in [0.1, 0.15) is 19.3 Å². The third-order valence-electron chi connectivity index (χ3n) is 6.51. The van der Waals surface area contributed by atoms with Crippen molar-refractivity contribution in [3.63, 3.8) is 0 Å². The minimum absolute atomic E-state index is 0.257. The molecular weight excluding hydrogens is 420 g/mol. The van der Waals surface area contributed by atoms with Gasteiger partial charge in [0, 0.05) is 56.3 Å². The Morgan fingerprint density at radius 3 is 1.59 bits per heavy atom. The summed E-state index contributed by atoms with van der Waals surface area (Å²) in [5.74, 6) is 0.514. The van der Waals surface area contributed by atoms with E-state index in [1.165, 1.54) is 43.7 Å². The summed E-state index contributed by atoms with van der Waals surface area (Å²) in [7, 11) is -2.84. The van der Waals surface area contributed by atoms with Gasteiger partial charge in [-0.2, -0.15) is 0 Å². The molecule has 3 heterocycles. The van der Waals surface area contributed by atoms with E-state index in [-0.39, 0.29) is 11.5 Å². The van der Waals surface area contributed by atoms with Crippen LogP contribution in [0.2, 0.25) is 0 Å². The molecule has 0 radical (unpaired) electrons. The number of piperidine rings is 1. The number of anilines is 3. The number of nitrogens with zero attached hydrogens (tertiary/aromatic N) is 3. The first kappa shape index (κ1) is 22.9. The minimum atomic E-state index is -2.84. The molecule has 3 aliphatic rings. The smallest absolute Gasteiger partial charge is 0.153 e. The molecule has 3 saturated heterocycles. The van der Waals surface area contributed by atoms with Crippen LogP contribution >= 0.6 is 0 Å². The summed E-state index contributed by atoms with van der Waals surface area (Å²) >= 11 is 0. The van der Waals surface area contributed by atoms with Gasteiger partial charge in [0.05, 0.1) is 11.5 Å². The van der Waals surface area contributed by atoms with Crippen LogP contribution < -0.4 is 20.0 Å². The van der Waals surface area contributed by atoms with Gasteiger partial charge >= 0.3 is 0 Å². The predicted molar refractivity (Wildman–Crippen MR) is 135 cm³/mol. The molecule has 7 heteroatoms. The number of nitrogens with one attached hydrogen (secondary N) is 1. The highest BCUT2D eigenvalue weighted by Crippen LogP contribution is 2.26. The van der Waals surface area contributed by atoms with Crippen molar-refractivity contribution in [2.75, 3.05) is 78.6 Å². The molecule has 0 bridgehead atoms. The SMILES string of the molecule is C1CCNCC1.O=S1(=O)CCN(c2cccc(N3CCN(c4ccccc4)CC3)c2)CC1. The summed E-state index contributed by atoms with van der Waals surface area (Å²) < 4.78 is 23.3. The molecule has 0 aliphatic carbocycles. The third-order valence-corrected chi connectivity index (χ3v) is 8.12. The van der Waals surface area contributed by atoms with Crippen LogP contribution in [-0.4, -0.2) is 72.3 Å². The zero-order chi connectivity index (χ0) is 22.2. The Labute approximate surface area is 193 Å². The largest absolute Gasteiger partial charge is 0.369 e. The van der Waals surface area contributed by atoms with E-state index < -0.39 is 9.84 Å². The maximum absolute atomic E-state index is 11.6. The number of para-hydroxylation sites is 1. The summed E-state index contributed by atoms with van der Waals surface area (Å²) in [6.45, 7) is 7.69. The molecule has 3 fully saturated rings. The molecule has 0 aromatic heterocycles. The van der Waals surface area contributed by atoms with Crippen molar-refractivity contribution in [1.29, 1.82) is 0 Å². The highest BCUT2D eigenvalue weighted by molar-refractivity contribution is 7.91. The van der Waals surface area contributed by atoms with Crippen molar-refractivity contribution >= 4 is 26.9 Å². The van der Waals surface area contributed by atoms with Crippen LogP contribution in [-0.2, 0) is 9.84 Å². The van der Waals surface area contributed by atoms with Gasteiger partial charge in [0.25, 0.3) is 0 Å². The Bertz CT molecular complexity index is 914. The lowest BCUT2D eigenvalue weighted by atomic mass is 10.2. The van der Waals surface area contributed by atoms with Gasteiger partial charge < -0.3 is 20.0 Å². The summed E-state index contributed by atoms with van der Waals surface area (Å²) in [6, 6.07) is 19.1. The van der Waals surface area contributed by atoms with E-state index >= 15 is 0 Å². The van der Waals surface area contributed by atoms with Gasteiger partial charge in [0.1, 0.15) is 0 Å². The molecule has 5 rings (SSSR count). The Morgan fingerprint density at radius 1 is 0.594 bits per heavy atom. The molecule has 0 amide bonds. The fourth-order valence-corrected chi connectivity index (χ4v) is 5.72.